The molecule has 40 heavy (non-hydrogen) atoms. The number of carbonyl (C=O) groups excluding carboxylic acids is 1. The van der Waals surface area contributed by atoms with E-state index in [1.807, 2.05) is 17.0 Å². The number of phenols is 1. The smallest absolute Gasteiger partial charge is 0.266 e. The summed E-state index contributed by atoms with van der Waals surface area (Å²) in [7, 11) is 1.55. The number of aliphatic imine (C=N–C) groups is 1. The number of aryl methyl sites for hydroxylation is 1. The van der Waals surface area contributed by atoms with E-state index in [-0.39, 0.29) is 36.1 Å². The van der Waals surface area contributed by atoms with Crippen molar-refractivity contribution in [3.05, 3.63) is 40.5 Å². The molecule has 5 aliphatic rings. The molecule has 4 saturated carbocycles. The number of ether oxygens (including phenoxy) is 1. The lowest BCUT2D eigenvalue weighted by Crippen LogP contribution is -2.57. The van der Waals surface area contributed by atoms with Crippen LogP contribution in [0.4, 0.5) is 0 Å². The molecule has 214 valence electrons. The number of rotatable bonds is 8. The molecule has 0 radical (unpaired) electrons. The van der Waals surface area contributed by atoms with Crippen LogP contribution in [0.15, 0.2) is 38.6 Å². The maximum Gasteiger partial charge on any atom is 0.266 e. The number of amides is 1. The molecule has 0 spiro atoms. The summed E-state index contributed by atoms with van der Waals surface area (Å²) >= 11 is 7.16. The average Bonchev–Trinajstić information content (AvgIpc) is 3.41. The Labute approximate surface area is 250 Å². The summed E-state index contributed by atoms with van der Waals surface area (Å²) in [4.78, 5) is 20.4. The highest BCUT2D eigenvalue weighted by atomic mass is 35.5. The van der Waals surface area contributed by atoms with Crippen molar-refractivity contribution in [2.45, 2.75) is 51.0 Å². The molecule has 0 atom stereocenters. The predicted octanol–water partition coefficient (Wildman–Crippen LogP) is 5.31. The number of benzene rings is 1. The molecule has 1 amide bonds. The van der Waals surface area contributed by atoms with Crippen molar-refractivity contribution in [2.75, 3.05) is 13.7 Å². The summed E-state index contributed by atoms with van der Waals surface area (Å²) < 4.78 is 12.3. The van der Waals surface area contributed by atoms with E-state index in [2.05, 4.69) is 4.99 Å². The van der Waals surface area contributed by atoms with E-state index in [0.717, 1.165) is 17.4 Å². The number of nitrogens with two attached hydrogens (primary N) is 2. The van der Waals surface area contributed by atoms with Crippen molar-refractivity contribution in [3.63, 3.8) is 0 Å². The van der Waals surface area contributed by atoms with E-state index in [1.165, 1.54) is 43.9 Å². The van der Waals surface area contributed by atoms with E-state index in [4.69, 9.17) is 32.8 Å². The van der Waals surface area contributed by atoms with Crippen LogP contribution in [0, 0.1) is 23.7 Å². The molecule has 11 heteroatoms. The second kappa shape index (κ2) is 11.7. The van der Waals surface area contributed by atoms with E-state index >= 15 is 0 Å². The van der Waals surface area contributed by atoms with Crippen molar-refractivity contribution in [3.8, 4) is 22.8 Å². The number of thiocarbonyl (C=S) groups is 1. The number of hydrogen-bond acceptors (Lipinski definition) is 7. The first-order chi connectivity index (χ1) is 18.8. The number of hydrogen-bond donors (Lipinski definition) is 3. The fourth-order valence-electron chi connectivity index (χ4n) is 7.40. The molecule has 5 fully saturated rings. The zero-order valence-electron chi connectivity index (χ0n) is 22.4. The highest BCUT2D eigenvalue weighted by Crippen LogP contribution is 2.56. The summed E-state index contributed by atoms with van der Waals surface area (Å²) in [5, 5.41) is 10.2. The third-order valence-electron chi connectivity index (χ3n) is 8.71. The number of carbonyl (C=O) groups is 1. The zero-order valence-corrected chi connectivity index (χ0v) is 24.8. The number of nitrogens with zero attached hydrogens (tertiary/aromatic N) is 2. The van der Waals surface area contributed by atoms with Crippen LogP contribution < -0.4 is 16.2 Å². The van der Waals surface area contributed by atoms with Gasteiger partial charge in [0.15, 0.2) is 5.96 Å². The zero-order chi connectivity index (χ0) is 27.3. The molecule has 5 N–H and O–H groups in total. The summed E-state index contributed by atoms with van der Waals surface area (Å²) in [5.41, 5.74) is 12.6. The predicted molar refractivity (Wildman–Crippen MR) is 164 cm³/mol. The maximum absolute atomic E-state index is 13.8. The van der Waals surface area contributed by atoms with Crippen LogP contribution in [-0.4, -0.2) is 45.9 Å². The Morgan fingerprint density at radius 3 is 2.52 bits per heavy atom. The van der Waals surface area contributed by atoms with Crippen LogP contribution in [0.5, 0.6) is 11.5 Å². The van der Waals surface area contributed by atoms with Crippen LogP contribution in [0.3, 0.4) is 0 Å². The fraction of sp³-hybridized carbons (Fsp3) is 0.483. The molecular formula is C29H35ClN4O4S2. The summed E-state index contributed by atoms with van der Waals surface area (Å²) in [6.07, 6.45) is 9.45. The lowest BCUT2D eigenvalue weighted by Gasteiger charge is -2.56. The van der Waals surface area contributed by atoms with Crippen molar-refractivity contribution in [2.24, 2.45) is 40.1 Å². The number of methoxy groups -OCH3 is 1. The van der Waals surface area contributed by atoms with E-state index in [1.54, 1.807) is 25.3 Å². The Morgan fingerprint density at radius 2 is 1.88 bits per heavy atom. The van der Waals surface area contributed by atoms with Gasteiger partial charge in [-0.25, -0.2) is 0 Å². The van der Waals surface area contributed by atoms with Gasteiger partial charge in [-0.2, -0.15) is 0 Å². The molecular weight excluding hydrogens is 568 g/mol. The normalized spacial score (nSPS) is 27.8. The van der Waals surface area contributed by atoms with Gasteiger partial charge in [0, 0.05) is 30.3 Å². The molecule has 1 saturated heterocycles. The standard InChI is InChI=1S/C29H34N4O4S2.ClH/c1-36-22-11-18(10-21(34)13-22)23-12-17(3-2-4-32-28(30)31)24(37-23)14-25-27(35)33(29(38)39-25)26-19-6-15-5-16(8-19)9-20(26)7-15;/h10-16,19-20,26,34H,2-9H2,1H3,(H4,30,31,32);1H/b25-14-;. The molecule has 4 aliphatic carbocycles. The SMILES string of the molecule is COc1cc(O)cc(-c2cc(CCCN=C(N)N)c(/C=C3\SC(=S)N(C4C5CC6CC(C5)CC4C6)C3=O)o2)c1.Cl. The molecule has 7 rings (SSSR count). The summed E-state index contributed by atoms with van der Waals surface area (Å²) in [5.74, 6) is 4.60. The van der Waals surface area contributed by atoms with Gasteiger partial charge in [-0.05, 0) is 92.4 Å². The molecule has 4 bridgehead atoms. The van der Waals surface area contributed by atoms with Crippen LogP contribution in [0.2, 0.25) is 0 Å². The van der Waals surface area contributed by atoms with Crippen molar-refractivity contribution in [1.29, 1.82) is 0 Å². The summed E-state index contributed by atoms with van der Waals surface area (Å²) in [6, 6.07) is 7.13. The van der Waals surface area contributed by atoms with E-state index in [9.17, 15) is 9.90 Å². The van der Waals surface area contributed by atoms with Gasteiger partial charge >= 0.3 is 0 Å². The minimum absolute atomic E-state index is 0. The minimum atomic E-state index is -0.00842. The second-order valence-corrected chi connectivity index (χ2v) is 13.0. The number of thioether (sulfide) groups is 1. The number of phenolic OH excluding ortho intramolecular Hbond substituents is 1. The Kier molecular flexibility index (Phi) is 8.40. The van der Waals surface area contributed by atoms with Crippen LogP contribution >= 0.6 is 36.4 Å². The fourth-order valence-corrected chi connectivity index (χ4v) is 8.71. The third kappa shape index (κ3) is 5.58. The van der Waals surface area contributed by atoms with Gasteiger partial charge in [-0.15, -0.1) is 12.4 Å². The number of furan rings is 1. The topological polar surface area (TPSA) is 127 Å². The monoisotopic (exact) mass is 602 g/mol. The van der Waals surface area contributed by atoms with Crippen molar-refractivity contribution < 1.29 is 19.1 Å². The first-order valence-electron chi connectivity index (χ1n) is 13.6. The molecule has 1 aromatic heterocycles. The Balaban J connectivity index is 0.00000323. The molecule has 2 heterocycles. The van der Waals surface area contributed by atoms with Gasteiger partial charge in [0.05, 0.1) is 12.0 Å². The number of guanidine groups is 1. The Morgan fingerprint density at radius 1 is 1.18 bits per heavy atom. The Hall–Kier alpha value is -2.69. The number of aromatic hydroxyl groups is 1. The van der Waals surface area contributed by atoms with Crippen molar-refractivity contribution >= 4 is 58.7 Å². The van der Waals surface area contributed by atoms with Gasteiger partial charge in [0.1, 0.15) is 27.3 Å². The highest BCUT2D eigenvalue weighted by Gasteiger charge is 2.53. The van der Waals surface area contributed by atoms with Crippen LogP contribution in [0.1, 0.15) is 49.8 Å². The lowest BCUT2D eigenvalue weighted by molar-refractivity contribution is -0.130. The maximum atomic E-state index is 13.8. The first kappa shape index (κ1) is 28.8. The molecule has 0 unspecified atom stereocenters. The number of halogens is 1. The minimum Gasteiger partial charge on any atom is -0.508 e. The second-order valence-electron chi connectivity index (χ2n) is 11.3. The largest absolute Gasteiger partial charge is 0.508 e. The lowest BCUT2D eigenvalue weighted by atomic mass is 9.54. The van der Waals surface area contributed by atoms with Crippen LogP contribution in [0.25, 0.3) is 17.4 Å². The summed E-state index contributed by atoms with van der Waals surface area (Å²) in [6.45, 7) is 0.483. The van der Waals surface area contributed by atoms with E-state index in [0.29, 0.717) is 63.3 Å². The molecule has 8 nitrogen and oxygen atoms in total. The molecule has 2 aromatic rings. The van der Waals surface area contributed by atoms with E-state index < -0.39 is 0 Å². The van der Waals surface area contributed by atoms with Gasteiger partial charge in [-0.1, -0.05) is 24.0 Å². The molecule has 1 aromatic carbocycles. The van der Waals surface area contributed by atoms with Gasteiger partial charge < -0.3 is 25.7 Å². The van der Waals surface area contributed by atoms with Gasteiger partial charge in [-0.3, -0.25) is 14.7 Å². The Bertz CT molecular complexity index is 1340. The van der Waals surface area contributed by atoms with Crippen molar-refractivity contribution in [1.82, 2.24) is 4.90 Å². The quantitative estimate of drug-likeness (QED) is 0.122. The van der Waals surface area contributed by atoms with Gasteiger partial charge in [0.25, 0.3) is 5.91 Å². The highest BCUT2D eigenvalue weighted by molar-refractivity contribution is 8.26. The van der Waals surface area contributed by atoms with Gasteiger partial charge in [0.2, 0.25) is 0 Å². The first-order valence-corrected chi connectivity index (χ1v) is 14.8. The van der Waals surface area contributed by atoms with Crippen LogP contribution in [-0.2, 0) is 11.2 Å². The average molecular weight is 603 g/mol. The molecule has 1 aliphatic heterocycles. The third-order valence-corrected chi connectivity index (χ3v) is 10.0.